The quantitative estimate of drug-likeness (QED) is 0.607. The third-order valence-electron chi connectivity index (χ3n) is 6.43. The van der Waals surface area contributed by atoms with Crippen LogP contribution in [-0.4, -0.2) is 23.0 Å². The van der Waals surface area contributed by atoms with E-state index >= 15 is 0 Å². The molecular weight excluding hydrogens is 354 g/mol. The van der Waals surface area contributed by atoms with Gasteiger partial charge in [-0.1, -0.05) is 48.9 Å². The van der Waals surface area contributed by atoms with Crippen LogP contribution >= 0.6 is 0 Å². The minimum Gasteiger partial charge on any atom is -0.294 e. The first kappa shape index (κ1) is 18.1. The molecule has 0 N–H and O–H groups in total. The number of piperidine rings is 1. The van der Waals surface area contributed by atoms with Gasteiger partial charge in [0.05, 0.1) is 23.4 Å². The zero-order chi connectivity index (χ0) is 19.6. The first-order chi connectivity index (χ1) is 14.3. The van der Waals surface area contributed by atoms with E-state index in [1.807, 2.05) is 24.4 Å². The molecule has 1 saturated heterocycles. The smallest absolute Gasteiger partial charge is 0.0994 e. The Hall–Kier alpha value is -2.96. The van der Waals surface area contributed by atoms with E-state index < -0.39 is 0 Å². The van der Waals surface area contributed by atoms with Gasteiger partial charge in [-0.05, 0) is 73.2 Å². The van der Waals surface area contributed by atoms with Gasteiger partial charge >= 0.3 is 0 Å². The minimum atomic E-state index is 0.255. The van der Waals surface area contributed by atoms with Gasteiger partial charge in [-0.25, -0.2) is 0 Å². The lowest BCUT2D eigenvalue weighted by molar-refractivity contribution is 0.159. The fraction of sp³-hybridized carbons (Fsp3) is 0.308. The number of nitriles is 1. The molecule has 2 heterocycles. The van der Waals surface area contributed by atoms with Crippen LogP contribution in [0.5, 0.6) is 0 Å². The largest absolute Gasteiger partial charge is 0.294 e. The molecule has 5 rings (SSSR count). The predicted molar refractivity (Wildman–Crippen MR) is 116 cm³/mol. The molecule has 3 heteroatoms. The van der Waals surface area contributed by atoms with Gasteiger partial charge in [0.15, 0.2) is 0 Å². The van der Waals surface area contributed by atoms with E-state index in [0.29, 0.717) is 0 Å². The Morgan fingerprint density at radius 2 is 1.72 bits per heavy atom. The van der Waals surface area contributed by atoms with Crippen molar-refractivity contribution in [3.8, 4) is 17.2 Å². The van der Waals surface area contributed by atoms with Crippen LogP contribution in [0, 0.1) is 11.3 Å². The molecule has 3 nitrogen and oxygen atoms in total. The Balaban J connectivity index is 1.64. The number of pyridine rings is 1. The van der Waals surface area contributed by atoms with Crippen LogP contribution in [0.15, 0.2) is 60.8 Å². The fourth-order valence-corrected chi connectivity index (χ4v) is 4.92. The van der Waals surface area contributed by atoms with E-state index in [1.165, 1.54) is 52.8 Å². The molecule has 29 heavy (non-hydrogen) atoms. The van der Waals surface area contributed by atoms with E-state index in [0.717, 1.165) is 31.5 Å². The summed E-state index contributed by atoms with van der Waals surface area (Å²) in [6.45, 7) is 2.24. The molecule has 1 aliphatic carbocycles. The summed E-state index contributed by atoms with van der Waals surface area (Å²) in [6, 6.07) is 21.7. The van der Waals surface area contributed by atoms with Crippen LogP contribution in [0.1, 0.15) is 53.3 Å². The Bertz CT molecular complexity index is 1060. The average molecular weight is 380 g/mol. The summed E-state index contributed by atoms with van der Waals surface area (Å²) in [6.07, 6.45) is 7.58. The number of hydrogen-bond donors (Lipinski definition) is 0. The summed E-state index contributed by atoms with van der Waals surface area (Å²) < 4.78 is 0. The van der Waals surface area contributed by atoms with E-state index in [9.17, 15) is 5.26 Å². The summed E-state index contributed by atoms with van der Waals surface area (Å²) in [5, 5.41) is 9.71. The second-order valence-corrected chi connectivity index (χ2v) is 8.18. The highest BCUT2D eigenvalue weighted by atomic mass is 15.2. The summed E-state index contributed by atoms with van der Waals surface area (Å²) in [7, 11) is 0. The molecule has 144 valence electrons. The third kappa shape index (κ3) is 3.45. The van der Waals surface area contributed by atoms with Crippen molar-refractivity contribution in [3.05, 3.63) is 88.7 Å². The van der Waals surface area contributed by atoms with Crippen molar-refractivity contribution in [3.63, 3.8) is 0 Å². The molecular formula is C26H25N3. The summed E-state index contributed by atoms with van der Waals surface area (Å²) >= 11 is 0. The van der Waals surface area contributed by atoms with Gasteiger partial charge in [0.2, 0.25) is 0 Å². The molecule has 1 atom stereocenters. The molecule has 1 fully saturated rings. The second-order valence-electron chi connectivity index (χ2n) is 8.18. The van der Waals surface area contributed by atoms with Gasteiger partial charge in [0.25, 0.3) is 0 Å². The second kappa shape index (κ2) is 7.81. The Labute approximate surface area is 172 Å². The van der Waals surface area contributed by atoms with Crippen LogP contribution in [0.25, 0.3) is 11.1 Å². The summed E-state index contributed by atoms with van der Waals surface area (Å²) in [4.78, 5) is 7.62. The van der Waals surface area contributed by atoms with Crippen molar-refractivity contribution < 1.29 is 0 Å². The fourth-order valence-electron chi connectivity index (χ4n) is 4.92. The maximum absolute atomic E-state index is 9.71. The van der Waals surface area contributed by atoms with Crippen LogP contribution in [-0.2, 0) is 12.8 Å². The average Bonchev–Trinajstić information content (AvgIpc) is 2.96. The molecule has 1 unspecified atom stereocenters. The highest BCUT2D eigenvalue weighted by Gasteiger charge is 2.30. The first-order valence-electron chi connectivity index (χ1n) is 10.6. The lowest BCUT2D eigenvalue weighted by Crippen LogP contribution is -2.35. The van der Waals surface area contributed by atoms with Crippen molar-refractivity contribution >= 4 is 0 Å². The van der Waals surface area contributed by atoms with Gasteiger partial charge in [-0.3, -0.25) is 9.88 Å². The van der Waals surface area contributed by atoms with Crippen LogP contribution in [0.3, 0.4) is 0 Å². The number of benzene rings is 2. The van der Waals surface area contributed by atoms with Gasteiger partial charge in [-0.2, -0.15) is 5.26 Å². The van der Waals surface area contributed by atoms with Crippen molar-refractivity contribution in [1.82, 2.24) is 9.88 Å². The van der Waals surface area contributed by atoms with Gasteiger partial charge in [0.1, 0.15) is 0 Å². The number of nitrogens with zero attached hydrogens (tertiary/aromatic N) is 3. The molecule has 0 amide bonds. The lowest BCUT2D eigenvalue weighted by atomic mass is 9.95. The van der Waals surface area contributed by atoms with Crippen molar-refractivity contribution in [2.24, 2.45) is 0 Å². The molecule has 0 bridgehead atoms. The number of likely N-dealkylation sites (tertiary alicyclic amines) is 1. The molecule has 1 aliphatic heterocycles. The molecule has 3 aromatic rings. The Morgan fingerprint density at radius 3 is 2.52 bits per heavy atom. The number of rotatable bonds is 2. The maximum atomic E-state index is 9.71. The van der Waals surface area contributed by atoms with Crippen molar-refractivity contribution in [2.75, 3.05) is 13.1 Å². The SMILES string of the molecule is N#Cc1cccc2c1CC(N1CCCCC1)c1ncc(-c3ccccc3)cc1C2. The third-order valence-corrected chi connectivity index (χ3v) is 6.43. The number of aromatic nitrogens is 1. The normalized spacial score (nSPS) is 18.9. The standard InChI is InChI=1S/C26H25N3/c27-17-21-11-7-10-20-14-22-15-23(19-8-3-1-4-9-19)18-28-26(22)25(16-24(20)21)29-12-5-2-6-13-29/h1,3-4,7-11,15,18,25H,2,5-6,12-14,16H2. The van der Waals surface area contributed by atoms with E-state index in [2.05, 4.69) is 47.4 Å². The summed E-state index contributed by atoms with van der Waals surface area (Å²) in [5.41, 5.74) is 8.18. The topological polar surface area (TPSA) is 39.9 Å². The van der Waals surface area contributed by atoms with E-state index in [1.54, 1.807) is 0 Å². The monoisotopic (exact) mass is 379 g/mol. The van der Waals surface area contributed by atoms with Crippen LogP contribution in [0.4, 0.5) is 0 Å². The highest BCUT2D eigenvalue weighted by molar-refractivity contribution is 5.64. The molecule has 0 spiro atoms. The van der Waals surface area contributed by atoms with Gasteiger partial charge < -0.3 is 0 Å². The highest BCUT2D eigenvalue weighted by Crippen LogP contribution is 2.37. The zero-order valence-electron chi connectivity index (χ0n) is 16.6. The van der Waals surface area contributed by atoms with E-state index in [-0.39, 0.29) is 6.04 Å². The van der Waals surface area contributed by atoms with Crippen LogP contribution < -0.4 is 0 Å². The molecule has 2 aromatic carbocycles. The Morgan fingerprint density at radius 1 is 0.897 bits per heavy atom. The first-order valence-corrected chi connectivity index (χ1v) is 10.6. The van der Waals surface area contributed by atoms with Crippen molar-refractivity contribution in [1.29, 1.82) is 5.26 Å². The minimum absolute atomic E-state index is 0.255. The molecule has 1 aromatic heterocycles. The van der Waals surface area contributed by atoms with Crippen molar-refractivity contribution in [2.45, 2.75) is 38.1 Å². The summed E-state index contributed by atoms with van der Waals surface area (Å²) in [5.74, 6) is 0. The van der Waals surface area contributed by atoms with Crippen LogP contribution in [0.2, 0.25) is 0 Å². The zero-order valence-corrected chi connectivity index (χ0v) is 16.6. The Kier molecular flexibility index (Phi) is 4.87. The van der Waals surface area contributed by atoms with E-state index in [4.69, 9.17) is 4.98 Å². The van der Waals surface area contributed by atoms with Gasteiger partial charge in [-0.15, -0.1) is 0 Å². The molecule has 2 aliphatic rings. The molecule has 0 radical (unpaired) electrons. The van der Waals surface area contributed by atoms with Gasteiger partial charge in [0, 0.05) is 11.8 Å². The molecule has 0 saturated carbocycles. The number of fused-ring (bicyclic) bond motifs is 2. The number of hydrogen-bond acceptors (Lipinski definition) is 3. The predicted octanol–water partition coefficient (Wildman–Crippen LogP) is 5.29. The lowest BCUT2D eigenvalue weighted by Gasteiger charge is -2.34. The maximum Gasteiger partial charge on any atom is 0.0994 e.